The molecule has 0 saturated heterocycles. The Balaban J connectivity index is 2.50. The van der Waals surface area contributed by atoms with Gasteiger partial charge in [-0.05, 0) is 26.0 Å². The average Bonchev–Trinajstić information content (AvgIpc) is 2.87. The minimum absolute atomic E-state index is 0.00444. The monoisotopic (exact) mass is 239 g/mol. The van der Waals surface area contributed by atoms with E-state index in [-0.39, 0.29) is 23.1 Å². The lowest BCUT2D eigenvalue weighted by Gasteiger charge is -2.20. The van der Waals surface area contributed by atoms with Crippen molar-refractivity contribution < 1.29 is 13.5 Å². The molecule has 1 saturated carbocycles. The number of nitrogens with one attached hydrogen (secondary N) is 1. The Morgan fingerprint density at radius 1 is 1.57 bits per heavy atom. The number of aliphatic hydroxyl groups excluding tert-OH is 1. The molecule has 0 aromatic rings. The highest BCUT2D eigenvalue weighted by Gasteiger charge is 2.37. The molecule has 6 heteroatoms. The van der Waals surface area contributed by atoms with Crippen molar-refractivity contribution in [2.45, 2.75) is 36.3 Å². The van der Waals surface area contributed by atoms with Crippen LogP contribution in [0, 0.1) is 0 Å². The Labute approximate surface area is 89.5 Å². The second-order valence-corrected chi connectivity index (χ2v) is 6.68. The van der Waals surface area contributed by atoms with Crippen LogP contribution in [0.5, 0.6) is 0 Å². The van der Waals surface area contributed by atoms with Crippen LogP contribution in [0.2, 0.25) is 0 Å². The summed E-state index contributed by atoms with van der Waals surface area (Å²) < 4.78 is 25.7. The first-order chi connectivity index (χ1) is 6.51. The van der Waals surface area contributed by atoms with Crippen molar-refractivity contribution >= 4 is 21.8 Å². The van der Waals surface area contributed by atoms with E-state index in [1.165, 1.54) is 11.8 Å². The molecular formula is C8H17NO3S2. The molecule has 0 bridgehead atoms. The summed E-state index contributed by atoms with van der Waals surface area (Å²) in [6, 6.07) is -0.208. The zero-order valence-corrected chi connectivity index (χ0v) is 10.1. The number of aliphatic hydroxyl groups is 1. The van der Waals surface area contributed by atoms with Gasteiger partial charge in [0.2, 0.25) is 10.0 Å². The van der Waals surface area contributed by atoms with Gasteiger partial charge < -0.3 is 5.11 Å². The third-order valence-corrected chi connectivity index (χ3v) is 5.57. The lowest BCUT2D eigenvalue weighted by molar-refractivity contribution is 0.282. The molecule has 0 aliphatic heterocycles. The number of thioether (sulfide) groups is 1. The molecule has 84 valence electrons. The lowest BCUT2D eigenvalue weighted by atomic mass is 10.3. The molecule has 1 aliphatic carbocycles. The van der Waals surface area contributed by atoms with Crippen molar-refractivity contribution in [2.24, 2.45) is 0 Å². The summed E-state index contributed by atoms with van der Waals surface area (Å²) in [5, 5.41) is 8.74. The average molecular weight is 239 g/mol. The molecule has 0 aromatic heterocycles. The molecular weight excluding hydrogens is 222 g/mol. The number of hydrogen-bond donors (Lipinski definition) is 2. The van der Waals surface area contributed by atoms with Crippen molar-refractivity contribution in [3.05, 3.63) is 0 Å². The van der Waals surface area contributed by atoms with Crippen LogP contribution in [0.15, 0.2) is 0 Å². The first kappa shape index (κ1) is 12.3. The Kier molecular flexibility index (Phi) is 4.24. The summed E-state index contributed by atoms with van der Waals surface area (Å²) in [5.41, 5.74) is 0. The maximum atomic E-state index is 11.5. The molecule has 1 rings (SSSR count). The lowest BCUT2D eigenvalue weighted by Crippen LogP contribution is -2.42. The maximum Gasteiger partial charge on any atom is 0.214 e. The van der Waals surface area contributed by atoms with Crippen molar-refractivity contribution in [3.8, 4) is 0 Å². The first-order valence-electron chi connectivity index (χ1n) is 4.66. The van der Waals surface area contributed by atoms with E-state index in [4.69, 9.17) is 5.11 Å². The fourth-order valence-corrected chi connectivity index (χ4v) is 3.59. The molecule has 0 amide bonds. The minimum Gasteiger partial charge on any atom is -0.395 e. The second kappa shape index (κ2) is 4.83. The summed E-state index contributed by atoms with van der Waals surface area (Å²) in [6.45, 7) is 1.78. The highest BCUT2D eigenvalue weighted by Crippen LogP contribution is 2.28. The van der Waals surface area contributed by atoms with E-state index in [1.54, 1.807) is 6.92 Å². The fourth-order valence-electron chi connectivity index (χ4n) is 1.25. The van der Waals surface area contributed by atoms with Gasteiger partial charge in [0.05, 0.1) is 11.9 Å². The van der Waals surface area contributed by atoms with E-state index in [9.17, 15) is 8.42 Å². The van der Waals surface area contributed by atoms with Crippen LogP contribution in [-0.2, 0) is 10.0 Å². The van der Waals surface area contributed by atoms with Gasteiger partial charge in [0.25, 0.3) is 0 Å². The largest absolute Gasteiger partial charge is 0.395 e. The van der Waals surface area contributed by atoms with Crippen LogP contribution in [0.3, 0.4) is 0 Å². The van der Waals surface area contributed by atoms with E-state index in [1.807, 2.05) is 6.26 Å². The summed E-state index contributed by atoms with van der Waals surface area (Å²) in [7, 11) is -3.13. The second-order valence-electron chi connectivity index (χ2n) is 3.61. The standard InChI is InChI=1S/C8H17NO3S2/c1-6(8(5-10)13-2)9-14(11,12)7-3-4-7/h6-10H,3-5H2,1-2H3. The molecule has 0 spiro atoms. The van der Waals surface area contributed by atoms with Gasteiger partial charge in [-0.25, -0.2) is 13.1 Å². The molecule has 2 N–H and O–H groups in total. The van der Waals surface area contributed by atoms with Crippen molar-refractivity contribution in [1.82, 2.24) is 4.72 Å². The summed E-state index contributed by atoms with van der Waals surface area (Å²) >= 11 is 1.47. The van der Waals surface area contributed by atoms with E-state index >= 15 is 0 Å². The van der Waals surface area contributed by atoms with Crippen molar-refractivity contribution in [3.63, 3.8) is 0 Å². The Hall–Kier alpha value is 0.220. The summed E-state index contributed by atoms with van der Waals surface area (Å²) in [5.74, 6) is 0. The number of sulfonamides is 1. The molecule has 2 unspecified atom stereocenters. The highest BCUT2D eigenvalue weighted by atomic mass is 32.2. The molecule has 0 heterocycles. The minimum atomic E-state index is -3.13. The number of hydrogen-bond acceptors (Lipinski definition) is 4. The Morgan fingerprint density at radius 3 is 2.50 bits per heavy atom. The summed E-state index contributed by atoms with van der Waals surface area (Å²) in [6.07, 6.45) is 3.40. The van der Waals surface area contributed by atoms with Gasteiger partial charge in [0.15, 0.2) is 0 Å². The third-order valence-electron chi connectivity index (χ3n) is 2.35. The van der Waals surface area contributed by atoms with Gasteiger partial charge in [-0.1, -0.05) is 0 Å². The Morgan fingerprint density at radius 2 is 2.14 bits per heavy atom. The third kappa shape index (κ3) is 3.12. The van der Waals surface area contributed by atoms with Gasteiger partial charge in [-0.2, -0.15) is 11.8 Å². The molecule has 1 aliphatic rings. The molecule has 0 radical (unpaired) electrons. The van der Waals surface area contributed by atoms with Crippen LogP contribution in [0.1, 0.15) is 19.8 Å². The van der Waals surface area contributed by atoms with Gasteiger partial charge in [-0.15, -0.1) is 0 Å². The molecule has 2 atom stereocenters. The topological polar surface area (TPSA) is 66.4 Å². The zero-order chi connectivity index (χ0) is 10.8. The number of rotatable bonds is 6. The van der Waals surface area contributed by atoms with Crippen LogP contribution < -0.4 is 4.72 Å². The molecule has 14 heavy (non-hydrogen) atoms. The highest BCUT2D eigenvalue weighted by molar-refractivity contribution is 7.99. The smallest absolute Gasteiger partial charge is 0.214 e. The van der Waals surface area contributed by atoms with Crippen LogP contribution in [0.4, 0.5) is 0 Å². The van der Waals surface area contributed by atoms with Crippen molar-refractivity contribution in [2.75, 3.05) is 12.9 Å². The van der Waals surface area contributed by atoms with Gasteiger partial charge in [0, 0.05) is 11.3 Å². The van der Waals surface area contributed by atoms with E-state index < -0.39 is 10.0 Å². The molecule has 1 fully saturated rings. The predicted molar refractivity (Wildman–Crippen MR) is 58.9 cm³/mol. The van der Waals surface area contributed by atoms with E-state index in [0.717, 1.165) is 12.8 Å². The van der Waals surface area contributed by atoms with Crippen LogP contribution in [-0.4, -0.2) is 42.9 Å². The molecule has 4 nitrogen and oxygen atoms in total. The van der Waals surface area contributed by atoms with Crippen LogP contribution in [0.25, 0.3) is 0 Å². The van der Waals surface area contributed by atoms with Gasteiger partial charge in [0.1, 0.15) is 0 Å². The Bertz CT molecular complexity index is 270. The predicted octanol–water partition coefficient (Wildman–Crippen LogP) is 0.181. The maximum absolute atomic E-state index is 11.5. The fraction of sp³-hybridized carbons (Fsp3) is 1.00. The quantitative estimate of drug-likeness (QED) is 0.694. The first-order valence-corrected chi connectivity index (χ1v) is 7.49. The SMILES string of the molecule is CSC(CO)C(C)NS(=O)(=O)C1CC1. The van der Waals surface area contributed by atoms with E-state index in [0.29, 0.717) is 0 Å². The molecule has 0 aromatic carbocycles. The van der Waals surface area contributed by atoms with E-state index in [2.05, 4.69) is 4.72 Å². The van der Waals surface area contributed by atoms with Gasteiger partial charge in [-0.3, -0.25) is 0 Å². The van der Waals surface area contributed by atoms with Gasteiger partial charge >= 0.3 is 0 Å². The normalized spacial score (nSPS) is 21.9. The van der Waals surface area contributed by atoms with Crippen LogP contribution >= 0.6 is 11.8 Å². The van der Waals surface area contributed by atoms with Crippen molar-refractivity contribution in [1.29, 1.82) is 0 Å². The summed E-state index contributed by atoms with van der Waals surface area (Å²) in [4.78, 5) is 0. The zero-order valence-electron chi connectivity index (χ0n) is 8.43.